The molecule has 1 aromatic rings. The normalized spacial score (nSPS) is 14.3. The number of carbonyl (C=O) groups is 2. The summed E-state index contributed by atoms with van der Waals surface area (Å²) < 4.78 is 6.10. The lowest BCUT2D eigenvalue weighted by molar-refractivity contribution is -0.117. The van der Waals surface area contributed by atoms with E-state index in [1.165, 1.54) is 4.90 Å². The molecule has 0 atom stereocenters. The fraction of sp³-hybridized carbons (Fsp3) is 0.562. The number of halogens is 1. The average Bonchev–Trinajstić information content (AvgIpc) is 3.25. The lowest BCUT2D eigenvalue weighted by Crippen LogP contribution is -2.34. The van der Waals surface area contributed by atoms with Crippen LogP contribution < -0.4 is 5.32 Å². The second kappa shape index (κ2) is 6.86. The predicted molar refractivity (Wildman–Crippen MR) is 91.0 cm³/mol. The Kier molecular flexibility index (Phi) is 5.29. The molecule has 126 valence electrons. The molecule has 1 heterocycles. The van der Waals surface area contributed by atoms with Gasteiger partial charge in [0.15, 0.2) is 0 Å². The van der Waals surface area contributed by atoms with Crippen molar-refractivity contribution in [3.8, 4) is 0 Å². The number of ether oxygens (including phenoxy) is 1. The fourth-order valence-corrected chi connectivity index (χ4v) is 2.21. The molecule has 0 spiro atoms. The first kappa shape index (κ1) is 17.7. The maximum Gasteiger partial charge on any atom is 0.410 e. The van der Waals surface area contributed by atoms with Crippen LogP contribution in [0.15, 0.2) is 16.6 Å². The maximum absolute atomic E-state index is 12.0. The van der Waals surface area contributed by atoms with Crippen molar-refractivity contribution in [3.63, 3.8) is 0 Å². The van der Waals surface area contributed by atoms with Crippen LogP contribution >= 0.6 is 15.9 Å². The number of hydrogen-bond donors (Lipinski definition) is 1. The summed E-state index contributed by atoms with van der Waals surface area (Å²) in [5.41, 5.74) is 0.114. The van der Waals surface area contributed by atoms with E-state index in [9.17, 15) is 9.59 Å². The van der Waals surface area contributed by atoms with Crippen LogP contribution in [-0.4, -0.2) is 34.5 Å². The molecular weight excluding hydrogens is 362 g/mol. The third-order valence-corrected chi connectivity index (χ3v) is 3.93. The van der Waals surface area contributed by atoms with E-state index in [2.05, 4.69) is 26.2 Å². The van der Waals surface area contributed by atoms with Crippen molar-refractivity contribution < 1.29 is 14.3 Å². The predicted octanol–water partition coefficient (Wildman–Crippen LogP) is 3.56. The van der Waals surface area contributed by atoms with Gasteiger partial charge in [0.05, 0.1) is 12.2 Å². The van der Waals surface area contributed by atoms with Gasteiger partial charge in [-0.2, -0.15) is 0 Å². The Morgan fingerprint density at radius 3 is 2.61 bits per heavy atom. The van der Waals surface area contributed by atoms with Gasteiger partial charge in [0, 0.05) is 17.4 Å². The molecule has 6 nitrogen and oxygen atoms in total. The summed E-state index contributed by atoms with van der Waals surface area (Å²) in [4.78, 5) is 29.7. The van der Waals surface area contributed by atoms with Gasteiger partial charge in [0.25, 0.3) is 0 Å². The zero-order valence-electron chi connectivity index (χ0n) is 13.9. The van der Waals surface area contributed by atoms with E-state index in [-0.39, 0.29) is 18.4 Å². The lowest BCUT2D eigenvalue weighted by atomic mass is 10.2. The average molecular weight is 384 g/mol. The van der Waals surface area contributed by atoms with Gasteiger partial charge in [0.2, 0.25) is 5.91 Å². The summed E-state index contributed by atoms with van der Waals surface area (Å²) in [6, 6.07) is 3.55. The van der Waals surface area contributed by atoms with Crippen molar-refractivity contribution in [3.05, 3.63) is 22.3 Å². The number of rotatable bonds is 4. The monoisotopic (exact) mass is 383 g/mol. The largest absolute Gasteiger partial charge is 0.444 e. The van der Waals surface area contributed by atoms with Crippen LogP contribution in [0.3, 0.4) is 0 Å². The van der Waals surface area contributed by atoms with Crippen LogP contribution in [0.5, 0.6) is 0 Å². The molecule has 1 fully saturated rings. The van der Waals surface area contributed by atoms with E-state index in [4.69, 9.17) is 4.74 Å². The topological polar surface area (TPSA) is 71.5 Å². The molecule has 2 rings (SSSR count). The summed E-state index contributed by atoms with van der Waals surface area (Å²) in [7, 11) is 1.65. The van der Waals surface area contributed by atoms with Crippen molar-refractivity contribution in [1.82, 2.24) is 9.88 Å². The van der Waals surface area contributed by atoms with Crippen molar-refractivity contribution in [2.24, 2.45) is 5.92 Å². The Bertz CT molecular complexity index is 609. The van der Waals surface area contributed by atoms with E-state index in [0.29, 0.717) is 11.5 Å². The first-order valence-corrected chi connectivity index (χ1v) is 8.35. The Morgan fingerprint density at radius 1 is 1.39 bits per heavy atom. The standard InChI is InChI=1S/C16H22BrN3O3/c1-16(2,3)23-15(22)20(4)9-12-11(17)7-8-13(18-12)19-14(21)10-5-6-10/h7-8,10H,5-6,9H2,1-4H3,(H,18,19,21). The van der Waals surface area contributed by atoms with Gasteiger partial charge in [0.1, 0.15) is 11.4 Å². The van der Waals surface area contributed by atoms with Gasteiger partial charge >= 0.3 is 6.09 Å². The third kappa shape index (κ3) is 5.49. The minimum atomic E-state index is -0.546. The minimum Gasteiger partial charge on any atom is -0.444 e. The SMILES string of the molecule is CN(Cc1nc(NC(=O)C2CC2)ccc1Br)C(=O)OC(C)(C)C. The van der Waals surface area contributed by atoms with Gasteiger partial charge in [-0.15, -0.1) is 0 Å². The molecule has 23 heavy (non-hydrogen) atoms. The molecule has 2 amide bonds. The Balaban J connectivity index is 2.03. The van der Waals surface area contributed by atoms with Crippen molar-refractivity contribution in [1.29, 1.82) is 0 Å². The van der Waals surface area contributed by atoms with Gasteiger partial charge in [-0.25, -0.2) is 9.78 Å². The number of anilines is 1. The molecule has 1 aliphatic carbocycles. The van der Waals surface area contributed by atoms with Gasteiger partial charge in [-0.3, -0.25) is 4.79 Å². The van der Waals surface area contributed by atoms with Gasteiger partial charge < -0.3 is 15.0 Å². The summed E-state index contributed by atoms with van der Waals surface area (Å²) in [5, 5.41) is 2.81. The number of amides is 2. The molecule has 0 unspecified atom stereocenters. The Morgan fingerprint density at radius 2 is 2.04 bits per heavy atom. The maximum atomic E-state index is 12.0. The highest BCUT2D eigenvalue weighted by molar-refractivity contribution is 9.10. The number of hydrogen-bond acceptors (Lipinski definition) is 4. The van der Waals surface area contributed by atoms with Gasteiger partial charge in [-0.05, 0) is 61.7 Å². The van der Waals surface area contributed by atoms with Crippen molar-refractivity contribution in [2.75, 3.05) is 12.4 Å². The van der Waals surface area contributed by atoms with Crippen LogP contribution in [0.2, 0.25) is 0 Å². The molecule has 1 aromatic heterocycles. The number of aromatic nitrogens is 1. The van der Waals surface area contributed by atoms with Crippen LogP contribution in [0, 0.1) is 5.92 Å². The Labute approximate surface area is 144 Å². The van der Waals surface area contributed by atoms with Crippen LogP contribution in [0.1, 0.15) is 39.3 Å². The van der Waals surface area contributed by atoms with Gasteiger partial charge in [-0.1, -0.05) is 0 Å². The van der Waals surface area contributed by atoms with Crippen molar-refractivity contribution >= 4 is 33.7 Å². The smallest absolute Gasteiger partial charge is 0.410 e. The second-order valence-corrected chi connectivity index (χ2v) is 7.58. The number of nitrogens with zero attached hydrogens (tertiary/aromatic N) is 2. The van der Waals surface area contributed by atoms with Crippen LogP contribution in [0.4, 0.5) is 10.6 Å². The summed E-state index contributed by atoms with van der Waals surface area (Å²) in [6.45, 7) is 5.74. The minimum absolute atomic E-state index is 0.00580. The first-order chi connectivity index (χ1) is 10.7. The van der Waals surface area contributed by atoms with E-state index in [1.54, 1.807) is 13.1 Å². The molecule has 1 saturated carbocycles. The molecule has 0 aliphatic heterocycles. The van der Waals surface area contributed by atoms with E-state index < -0.39 is 11.7 Å². The molecule has 0 bridgehead atoms. The fourth-order valence-electron chi connectivity index (χ4n) is 1.87. The van der Waals surface area contributed by atoms with Crippen LogP contribution in [0.25, 0.3) is 0 Å². The van der Waals surface area contributed by atoms with E-state index >= 15 is 0 Å². The molecular formula is C16H22BrN3O3. The first-order valence-electron chi connectivity index (χ1n) is 7.56. The van der Waals surface area contributed by atoms with Crippen molar-refractivity contribution in [2.45, 2.75) is 45.8 Å². The molecule has 0 radical (unpaired) electrons. The molecule has 7 heteroatoms. The quantitative estimate of drug-likeness (QED) is 0.862. The molecule has 0 saturated heterocycles. The number of pyridine rings is 1. The zero-order valence-corrected chi connectivity index (χ0v) is 15.4. The highest BCUT2D eigenvalue weighted by atomic mass is 79.9. The molecule has 1 aliphatic rings. The third-order valence-electron chi connectivity index (χ3n) is 3.21. The van der Waals surface area contributed by atoms with Crippen LogP contribution in [-0.2, 0) is 16.1 Å². The molecule has 1 N–H and O–H groups in total. The Hall–Kier alpha value is -1.63. The number of carbonyl (C=O) groups excluding carboxylic acids is 2. The molecule has 0 aromatic carbocycles. The highest BCUT2D eigenvalue weighted by Gasteiger charge is 2.30. The summed E-state index contributed by atoms with van der Waals surface area (Å²) in [5.74, 6) is 0.622. The van der Waals surface area contributed by atoms with E-state index in [1.807, 2.05) is 26.8 Å². The second-order valence-electron chi connectivity index (χ2n) is 6.72. The summed E-state index contributed by atoms with van der Waals surface area (Å²) >= 11 is 3.42. The zero-order chi connectivity index (χ0) is 17.2. The number of nitrogens with one attached hydrogen (secondary N) is 1. The highest BCUT2D eigenvalue weighted by Crippen LogP contribution is 2.30. The lowest BCUT2D eigenvalue weighted by Gasteiger charge is -2.24. The van der Waals surface area contributed by atoms with E-state index in [0.717, 1.165) is 17.3 Å². The summed E-state index contributed by atoms with van der Waals surface area (Å²) in [6.07, 6.45) is 1.46.